The molecule has 1 nitrogen and oxygen atoms in total. The van der Waals surface area contributed by atoms with Gasteiger partial charge in [0.05, 0.1) is 6.61 Å². The minimum Gasteiger partial charge on any atom is -0.392 e. The summed E-state index contributed by atoms with van der Waals surface area (Å²) in [5.41, 5.74) is 8.44. The first-order valence-electron chi connectivity index (χ1n) is 6.99. The first kappa shape index (κ1) is 14.5. The maximum atomic E-state index is 9.53. The molecule has 0 bridgehead atoms. The van der Waals surface area contributed by atoms with Gasteiger partial charge in [0.15, 0.2) is 0 Å². The van der Waals surface area contributed by atoms with Gasteiger partial charge in [-0.3, -0.25) is 0 Å². The summed E-state index contributed by atoms with van der Waals surface area (Å²) in [6.45, 7) is 8.56. The van der Waals surface area contributed by atoms with E-state index < -0.39 is 0 Å². The molecule has 2 aromatic rings. The molecule has 0 aliphatic rings. The highest BCUT2D eigenvalue weighted by atomic mass is 16.3. The van der Waals surface area contributed by atoms with Crippen LogP contribution in [0.1, 0.15) is 38.9 Å². The average Bonchev–Trinajstić information content (AvgIpc) is 2.47. The van der Waals surface area contributed by atoms with Crippen LogP contribution >= 0.6 is 0 Å². The van der Waals surface area contributed by atoms with E-state index in [0.717, 1.165) is 5.56 Å². The standard InChI is InChI=1S/C19H22O/c1-13-15(3)19(12-20)16(4)14(2)18(13)11-10-17-8-6-5-7-9-17/h5-11,20H,12H2,1-4H3/b11-10+. The quantitative estimate of drug-likeness (QED) is 0.806. The SMILES string of the molecule is Cc1c(C)c(CO)c(C)c(C)c1/C=C/c1ccccc1. The molecule has 2 aromatic carbocycles. The van der Waals surface area contributed by atoms with Gasteiger partial charge in [0.25, 0.3) is 0 Å². The van der Waals surface area contributed by atoms with Crippen molar-refractivity contribution < 1.29 is 5.11 Å². The molecule has 0 unspecified atom stereocenters. The Kier molecular flexibility index (Phi) is 4.41. The van der Waals surface area contributed by atoms with Crippen molar-refractivity contribution >= 4 is 12.2 Å². The fourth-order valence-electron chi connectivity index (χ4n) is 2.65. The summed E-state index contributed by atoms with van der Waals surface area (Å²) in [6.07, 6.45) is 4.33. The monoisotopic (exact) mass is 266 g/mol. The third-order valence-corrected chi connectivity index (χ3v) is 4.24. The molecule has 1 heteroatoms. The molecule has 0 radical (unpaired) electrons. The molecule has 0 fully saturated rings. The molecular weight excluding hydrogens is 244 g/mol. The van der Waals surface area contributed by atoms with E-state index in [-0.39, 0.29) is 6.61 Å². The van der Waals surface area contributed by atoms with Crippen LogP contribution in [0.3, 0.4) is 0 Å². The lowest BCUT2D eigenvalue weighted by atomic mass is 9.89. The van der Waals surface area contributed by atoms with Crippen LogP contribution < -0.4 is 0 Å². The highest BCUT2D eigenvalue weighted by molar-refractivity contribution is 5.74. The summed E-state index contributed by atoms with van der Waals surface area (Å²) in [5, 5.41) is 9.53. The van der Waals surface area contributed by atoms with E-state index in [4.69, 9.17) is 0 Å². The number of benzene rings is 2. The lowest BCUT2D eigenvalue weighted by Gasteiger charge is -2.17. The smallest absolute Gasteiger partial charge is 0.0687 e. The van der Waals surface area contributed by atoms with Crippen molar-refractivity contribution in [3.8, 4) is 0 Å². The van der Waals surface area contributed by atoms with E-state index in [1.54, 1.807) is 0 Å². The van der Waals surface area contributed by atoms with E-state index in [2.05, 4.69) is 52.0 Å². The Hall–Kier alpha value is -1.86. The first-order chi connectivity index (χ1) is 9.56. The second kappa shape index (κ2) is 6.06. The Bertz CT molecular complexity index is 608. The predicted molar refractivity (Wildman–Crippen MR) is 86.7 cm³/mol. The fourth-order valence-corrected chi connectivity index (χ4v) is 2.65. The number of aliphatic hydroxyl groups is 1. The van der Waals surface area contributed by atoms with E-state index in [1.165, 1.54) is 33.4 Å². The lowest BCUT2D eigenvalue weighted by molar-refractivity contribution is 0.280. The predicted octanol–water partition coefficient (Wildman–Crippen LogP) is 4.58. The van der Waals surface area contributed by atoms with Gasteiger partial charge >= 0.3 is 0 Å². The van der Waals surface area contributed by atoms with Crippen LogP contribution in [-0.2, 0) is 6.61 Å². The van der Waals surface area contributed by atoms with Crippen LogP contribution in [0.25, 0.3) is 12.2 Å². The molecular formula is C19H22O. The molecule has 0 saturated carbocycles. The van der Waals surface area contributed by atoms with E-state index in [1.807, 2.05) is 18.2 Å². The maximum absolute atomic E-state index is 9.53. The summed E-state index contributed by atoms with van der Waals surface area (Å²) < 4.78 is 0. The van der Waals surface area contributed by atoms with Crippen molar-refractivity contribution in [2.45, 2.75) is 34.3 Å². The van der Waals surface area contributed by atoms with Gasteiger partial charge in [0.2, 0.25) is 0 Å². The second-order valence-corrected chi connectivity index (χ2v) is 5.29. The third-order valence-electron chi connectivity index (χ3n) is 4.24. The van der Waals surface area contributed by atoms with Gasteiger partial charge in [-0.05, 0) is 66.6 Å². The molecule has 0 heterocycles. The third kappa shape index (κ3) is 2.68. The zero-order valence-corrected chi connectivity index (χ0v) is 12.7. The molecule has 0 amide bonds. The van der Waals surface area contributed by atoms with Gasteiger partial charge in [-0.2, -0.15) is 0 Å². The highest BCUT2D eigenvalue weighted by Crippen LogP contribution is 2.28. The summed E-state index contributed by atoms with van der Waals surface area (Å²) in [6, 6.07) is 10.3. The van der Waals surface area contributed by atoms with Crippen LogP contribution in [0.15, 0.2) is 30.3 Å². The molecule has 0 aliphatic heterocycles. The molecule has 0 atom stereocenters. The molecule has 2 rings (SSSR count). The fraction of sp³-hybridized carbons (Fsp3) is 0.263. The van der Waals surface area contributed by atoms with Crippen molar-refractivity contribution in [3.05, 3.63) is 69.3 Å². The zero-order valence-electron chi connectivity index (χ0n) is 12.7. The Balaban J connectivity index is 2.50. The molecule has 1 N–H and O–H groups in total. The summed E-state index contributed by atoms with van der Waals surface area (Å²) in [4.78, 5) is 0. The normalized spacial score (nSPS) is 11.2. The number of hydrogen-bond acceptors (Lipinski definition) is 1. The topological polar surface area (TPSA) is 20.2 Å². The minimum atomic E-state index is 0.113. The van der Waals surface area contributed by atoms with E-state index in [9.17, 15) is 5.11 Å². The van der Waals surface area contributed by atoms with Crippen molar-refractivity contribution in [1.29, 1.82) is 0 Å². The van der Waals surface area contributed by atoms with Crippen molar-refractivity contribution in [2.24, 2.45) is 0 Å². The molecule has 0 aromatic heterocycles. The van der Waals surface area contributed by atoms with Crippen molar-refractivity contribution in [3.63, 3.8) is 0 Å². The van der Waals surface area contributed by atoms with Crippen LogP contribution in [0.2, 0.25) is 0 Å². The van der Waals surface area contributed by atoms with Gasteiger partial charge < -0.3 is 5.11 Å². The molecule has 0 aliphatic carbocycles. The van der Waals surface area contributed by atoms with Crippen LogP contribution in [0, 0.1) is 27.7 Å². The van der Waals surface area contributed by atoms with Gasteiger partial charge in [-0.25, -0.2) is 0 Å². The van der Waals surface area contributed by atoms with Crippen LogP contribution in [-0.4, -0.2) is 5.11 Å². The van der Waals surface area contributed by atoms with Crippen molar-refractivity contribution in [2.75, 3.05) is 0 Å². The van der Waals surface area contributed by atoms with E-state index >= 15 is 0 Å². The highest BCUT2D eigenvalue weighted by Gasteiger charge is 2.12. The number of hydrogen-bond donors (Lipinski definition) is 1. The van der Waals surface area contributed by atoms with Crippen LogP contribution in [0.4, 0.5) is 0 Å². The van der Waals surface area contributed by atoms with Gasteiger partial charge in [0, 0.05) is 0 Å². The van der Waals surface area contributed by atoms with Gasteiger partial charge in [-0.15, -0.1) is 0 Å². The van der Waals surface area contributed by atoms with Crippen molar-refractivity contribution in [1.82, 2.24) is 0 Å². The van der Waals surface area contributed by atoms with Crippen LogP contribution in [0.5, 0.6) is 0 Å². The minimum absolute atomic E-state index is 0.113. The summed E-state index contributed by atoms with van der Waals surface area (Å²) in [7, 11) is 0. The first-order valence-corrected chi connectivity index (χ1v) is 6.99. The Morgan fingerprint density at radius 3 is 1.85 bits per heavy atom. The number of aliphatic hydroxyl groups excluding tert-OH is 1. The Morgan fingerprint density at radius 2 is 1.35 bits per heavy atom. The lowest BCUT2D eigenvalue weighted by Crippen LogP contribution is -2.02. The Morgan fingerprint density at radius 1 is 0.800 bits per heavy atom. The molecule has 104 valence electrons. The summed E-state index contributed by atoms with van der Waals surface area (Å²) >= 11 is 0. The largest absolute Gasteiger partial charge is 0.392 e. The average molecular weight is 266 g/mol. The summed E-state index contributed by atoms with van der Waals surface area (Å²) in [5.74, 6) is 0. The maximum Gasteiger partial charge on any atom is 0.0687 e. The number of rotatable bonds is 3. The van der Waals surface area contributed by atoms with Gasteiger partial charge in [0.1, 0.15) is 0 Å². The second-order valence-electron chi connectivity index (χ2n) is 5.29. The molecule has 0 spiro atoms. The molecule has 20 heavy (non-hydrogen) atoms. The van der Waals surface area contributed by atoms with Gasteiger partial charge in [-0.1, -0.05) is 42.5 Å². The zero-order chi connectivity index (χ0) is 14.7. The van der Waals surface area contributed by atoms with E-state index in [0.29, 0.717) is 0 Å². The molecule has 0 saturated heterocycles. The Labute approximate surface area is 121 Å².